The second kappa shape index (κ2) is 5.31. The Labute approximate surface area is 122 Å². The number of aromatic nitrogens is 4. The Hall–Kier alpha value is -2.18. The fraction of sp³-hybridized carbons (Fsp3) is 0.571. The van der Waals surface area contributed by atoms with Crippen LogP contribution in [-0.2, 0) is 11.3 Å². The first-order valence-electron chi connectivity index (χ1n) is 7.16. The number of carboxylic acids is 1. The molecule has 0 bridgehead atoms. The lowest BCUT2D eigenvalue weighted by Crippen LogP contribution is -2.38. The molecule has 2 aromatic heterocycles. The number of carbonyl (C=O) groups is 1. The van der Waals surface area contributed by atoms with Crippen LogP contribution in [0.25, 0.3) is 11.4 Å². The molecule has 112 valence electrons. The van der Waals surface area contributed by atoms with Crippen LogP contribution in [0.1, 0.15) is 37.9 Å². The van der Waals surface area contributed by atoms with E-state index >= 15 is 0 Å². The molecule has 2 heterocycles. The highest BCUT2D eigenvalue weighted by molar-refractivity contribution is 5.74. The van der Waals surface area contributed by atoms with Crippen LogP contribution in [0.5, 0.6) is 0 Å². The molecule has 21 heavy (non-hydrogen) atoms. The van der Waals surface area contributed by atoms with E-state index < -0.39 is 11.4 Å². The number of aliphatic carboxylic acids is 1. The van der Waals surface area contributed by atoms with E-state index in [0.717, 1.165) is 30.6 Å². The number of furan rings is 1. The summed E-state index contributed by atoms with van der Waals surface area (Å²) in [4.78, 5) is 11.8. The van der Waals surface area contributed by atoms with Gasteiger partial charge in [-0.05, 0) is 36.3 Å². The monoisotopic (exact) mass is 290 g/mol. The summed E-state index contributed by atoms with van der Waals surface area (Å²) in [6.45, 7) is 2.14. The van der Waals surface area contributed by atoms with Gasteiger partial charge in [-0.2, -0.15) is 0 Å². The molecule has 0 radical (unpaired) electrons. The van der Waals surface area contributed by atoms with Crippen molar-refractivity contribution in [1.29, 1.82) is 0 Å². The maximum Gasteiger partial charge on any atom is 0.311 e. The molecule has 1 aliphatic carbocycles. The minimum atomic E-state index is -0.764. The average molecular weight is 290 g/mol. The number of hydrogen-bond donors (Lipinski definition) is 1. The normalized spacial score (nSPS) is 17.8. The quantitative estimate of drug-likeness (QED) is 0.928. The molecule has 0 atom stereocenters. The van der Waals surface area contributed by atoms with Gasteiger partial charge in [0.05, 0.1) is 23.8 Å². The van der Waals surface area contributed by atoms with Crippen LogP contribution in [0.3, 0.4) is 0 Å². The minimum Gasteiger partial charge on any atom is -0.481 e. The van der Waals surface area contributed by atoms with Gasteiger partial charge in [0, 0.05) is 0 Å². The molecule has 1 aliphatic rings. The van der Waals surface area contributed by atoms with Crippen LogP contribution < -0.4 is 0 Å². The molecule has 1 saturated carbocycles. The molecule has 2 aromatic rings. The fourth-order valence-electron chi connectivity index (χ4n) is 3.08. The first kappa shape index (κ1) is 13.8. The van der Waals surface area contributed by atoms with Crippen LogP contribution in [-0.4, -0.2) is 31.3 Å². The van der Waals surface area contributed by atoms with Gasteiger partial charge in [-0.3, -0.25) is 4.79 Å². The zero-order valence-corrected chi connectivity index (χ0v) is 11.9. The van der Waals surface area contributed by atoms with E-state index in [1.165, 1.54) is 0 Å². The Morgan fingerprint density at radius 2 is 2.19 bits per heavy atom. The zero-order valence-electron chi connectivity index (χ0n) is 11.9. The summed E-state index contributed by atoms with van der Waals surface area (Å²) in [5, 5.41) is 21.4. The van der Waals surface area contributed by atoms with Crippen molar-refractivity contribution in [3.63, 3.8) is 0 Å². The maximum absolute atomic E-state index is 11.8. The molecule has 0 saturated heterocycles. The van der Waals surface area contributed by atoms with Gasteiger partial charge in [-0.25, -0.2) is 4.68 Å². The van der Waals surface area contributed by atoms with Crippen LogP contribution >= 0.6 is 0 Å². The van der Waals surface area contributed by atoms with Gasteiger partial charge in [0.1, 0.15) is 5.76 Å². The summed E-state index contributed by atoms with van der Waals surface area (Å²) in [5.74, 6) is 0.527. The van der Waals surface area contributed by atoms with Crippen molar-refractivity contribution >= 4 is 5.97 Å². The molecule has 0 amide bonds. The van der Waals surface area contributed by atoms with Crippen LogP contribution in [0, 0.1) is 12.3 Å². The van der Waals surface area contributed by atoms with Crippen molar-refractivity contribution in [1.82, 2.24) is 20.2 Å². The number of hydrogen-bond acceptors (Lipinski definition) is 5. The molecule has 0 aromatic carbocycles. The van der Waals surface area contributed by atoms with Gasteiger partial charge in [0.15, 0.2) is 5.82 Å². The maximum atomic E-state index is 11.8. The second-order valence-corrected chi connectivity index (χ2v) is 5.70. The Morgan fingerprint density at radius 3 is 2.81 bits per heavy atom. The third-order valence-electron chi connectivity index (χ3n) is 4.35. The fourth-order valence-corrected chi connectivity index (χ4v) is 3.08. The highest BCUT2D eigenvalue weighted by Crippen LogP contribution is 2.38. The number of tetrazole rings is 1. The van der Waals surface area contributed by atoms with Crippen molar-refractivity contribution < 1.29 is 14.3 Å². The summed E-state index contributed by atoms with van der Waals surface area (Å²) >= 11 is 0. The van der Waals surface area contributed by atoms with Crippen molar-refractivity contribution in [2.45, 2.75) is 45.6 Å². The molecule has 7 nitrogen and oxygen atoms in total. The number of rotatable bonds is 4. The van der Waals surface area contributed by atoms with E-state index in [0.29, 0.717) is 25.2 Å². The molecule has 1 fully saturated rings. The summed E-state index contributed by atoms with van der Waals surface area (Å²) < 4.78 is 6.88. The van der Waals surface area contributed by atoms with Crippen molar-refractivity contribution in [3.05, 3.63) is 18.1 Å². The van der Waals surface area contributed by atoms with Crippen molar-refractivity contribution in [3.8, 4) is 11.4 Å². The van der Waals surface area contributed by atoms with Gasteiger partial charge in [0.25, 0.3) is 0 Å². The van der Waals surface area contributed by atoms with Gasteiger partial charge in [0.2, 0.25) is 0 Å². The molecule has 7 heteroatoms. The summed E-state index contributed by atoms with van der Waals surface area (Å²) in [5.41, 5.74) is 0.0383. The van der Waals surface area contributed by atoms with E-state index in [-0.39, 0.29) is 0 Å². The molecule has 0 spiro atoms. The van der Waals surface area contributed by atoms with Crippen LogP contribution in [0.4, 0.5) is 0 Å². The van der Waals surface area contributed by atoms with Crippen LogP contribution in [0.15, 0.2) is 16.7 Å². The number of aryl methyl sites for hydroxylation is 1. The Kier molecular flexibility index (Phi) is 3.48. The number of carboxylic acid groups (broad SMARTS) is 1. The van der Waals surface area contributed by atoms with E-state index in [9.17, 15) is 9.90 Å². The van der Waals surface area contributed by atoms with Crippen molar-refractivity contribution in [2.24, 2.45) is 5.41 Å². The topological polar surface area (TPSA) is 94.0 Å². The van der Waals surface area contributed by atoms with Gasteiger partial charge >= 0.3 is 5.97 Å². The average Bonchev–Trinajstić information content (AvgIpc) is 3.08. The molecule has 1 N–H and O–H groups in total. The second-order valence-electron chi connectivity index (χ2n) is 5.70. The molecular weight excluding hydrogens is 272 g/mol. The lowest BCUT2D eigenvalue weighted by molar-refractivity contribution is -0.152. The third kappa shape index (κ3) is 2.43. The molecular formula is C14H18N4O3. The molecule has 0 unspecified atom stereocenters. The summed E-state index contributed by atoms with van der Waals surface area (Å²) in [7, 11) is 0. The third-order valence-corrected chi connectivity index (χ3v) is 4.35. The summed E-state index contributed by atoms with van der Waals surface area (Å²) in [6, 6.07) is 1.80. The minimum absolute atomic E-state index is 0.301. The Morgan fingerprint density at radius 1 is 1.43 bits per heavy atom. The lowest BCUT2D eigenvalue weighted by atomic mass is 9.74. The predicted molar refractivity (Wildman–Crippen MR) is 73.4 cm³/mol. The number of nitrogens with zero attached hydrogens (tertiary/aromatic N) is 4. The lowest BCUT2D eigenvalue weighted by Gasteiger charge is -2.32. The van der Waals surface area contributed by atoms with Gasteiger partial charge in [-0.15, -0.1) is 5.10 Å². The van der Waals surface area contributed by atoms with Crippen LogP contribution in [0.2, 0.25) is 0 Å². The van der Waals surface area contributed by atoms with Crippen molar-refractivity contribution in [2.75, 3.05) is 0 Å². The van der Waals surface area contributed by atoms with E-state index in [2.05, 4.69) is 15.5 Å². The predicted octanol–water partition coefficient (Wildman–Crippen LogP) is 2.28. The van der Waals surface area contributed by atoms with E-state index in [4.69, 9.17) is 4.42 Å². The largest absolute Gasteiger partial charge is 0.481 e. The SMILES string of the molecule is Cc1occc1-c1nnnn1CC1(C(=O)O)CCCCC1. The van der Waals surface area contributed by atoms with Gasteiger partial charge in [-0.1, -0.05) is 19.3 Å². The Balaban J connectivity index is 1.93. The zero-order chi connectivity index (χ0) is 14.9. The molecule has 0 aliphatic heterocycles. The highest BCUT2D eigenvalue weighted by atomic mass is 16.4. The highest BCUT2D eigenvalue weighted by Gasteiger charge is 2.41. The van der Waals surface area contributed by atoms with Gasteiger partial charge < -0.3 is 9.52 Å². The molecule has 3 rings (SSSR count). The standard InChI is InChI=1S/C14H18N4O3/c1-10-11(5-8-21-10)12-15-16-17-18(12)9-14(13(19)20)6-3-2-4-7-14/h5,8H,2-4,6-7,9H2,1H3,(H,19,20). The summed E-state index contributed by atoms with van der Waals surface area (Å²) in [6.07, 6.45) is 5.90. The Bertz CT molecular complexity index is 640. The smallest absolute Gasteiger partial charge is 0.311 e. The first-order valence-corrected chi connectivity index (χ1v) is 7.16. The van der Waals surface area contributed by atoms with E-state index in [1.54, 1.807) is 17.0 Å². The van der Waals surface area contributed by atoms with E-state index in [1.807, 2.05) is 6.92 Å². The first-order chi connectivity index (χ1) is 10.1.